The lowest BCUT2D eigenvalue weighted by atomic mass is 9.96. The Morgan fingerprint density at radius 2 is 1.75 bits per heavy atom. The van der Waals surface area contributed by atoms with Crippen molar-refractivity contribution in [3.05, 3.63) is 52.2 Å². The Bertz CT molecular complexity index is 652. The average Bonchev–Trinajstić information content (AvgIpc) is 2.37. The molecule has 0 bridgehead atoms. The number of aromatic carboxylic acids is 1. The van der Waals surface area contributed by atoms with Gasteiger partial charge in [0.05, 0.1) is 17.0 Å². The van der Waals surface area contributed by atoms with Gasteiger partial charge in [0.1, 0.15) is 0 Å². The van der Waals surface area contributed by atoms with Gasteiger partial charge in [0.25, 0.3) is 0 Å². The summed E-state index contributed by atoms with van der Waals surface area (Å²) in [5, 5.41) is 9.16. The molecule has 0 unspecified atom stereocenters. The molecule has 0 atom stereocenters. The minimum absolute atomic E-state index is 0.290. The predicted octanol–water partition coefficient (Wildman–Crippen LogP) is 3.93. The largest absolute Gasteiger partial charge is 0.478 e. The van der Waals surface area contributed by atoms with E-state index in [9.17, 15) is 4.79 Å². The van der Waals surface area contributed by atoms with Crippen LogP contribution < -0.4 is 0 Å². The maximum atomic E-state index is 11.2. The van der Waals surface area contributed by atoms with Crippen LogP contribution in [0.1, 0.15) is 39.7 Å². The van der Waals surface area contributed by atoms with Gasteiger partial charge < -0.3 is 5.11 Å². The summed E-state index contributed by atoms with van der Waals surface area (Å²) in [4.78, 5) is 15.7. The maximum Gasteiger partial charge on any atom is 0.337 e. The van der Waals surface area contributed by atoms with E-state index in [4.69, 9.17) is 5.11 Å². The number of benzene rings is 1. The third-order valence-corrected chi connectivity index (χ3v) is 3.47. The molecule has 0 spiro atoms. The molecule has 0 fully saturated rings. The van der Waals surface area contributed by atoms with Crippen LogP contribution in [0.25, 0.3) is 11.3 Å². The SMILES string of the molecule is CCc1nc(-c2c(C)cc(C)cc2C)ccc1C(=O)O. The summed E-state index contributed by atoms with van der Waals surface area (Å²) in [6.07, 6.45) is 0.611. The summed E-state index contributed by atoms with van der Waals surface area (Å²) in [5.41, 5.74) is 6.43. The van der Waals surface area contributed by atoms with E-state index in [0.717, 1.165) is 11.3 Å². The lowest BCUT2D eigenvalue weighted by Gasteiger charge is -2.13. The summed E-state index contributed by atoms with van der Waals surface area (Å²) in [6.45, 7) is 8.12. The zero-order valence-corrected chi connectivity index (χ0v) is 12.3. The predicted molar refractivity (Wildman–Crippen MR) is 80.2 cm³/mol. The standard InChI is InChI=1S/C17H19NO2/c1-5-14-13(17(19)20)6-7-15(18-14)16-11(3)8-10(2)9-12(16)4/h6-9H,5H2,1-4H3,(H,19,20). The van der Waals surface area contributed by atoms with Gasteiger partial charge in [-0.25, -0.2) is 4.79 Å². The van der Waals surface area contributed by atoms with Gasteiger partial charge in [0, 0.05) is 5.56 Å². The lowest BCUT2D eigenvalue weighted by Crippen LogP contribution is -2.05. The van der Waals surface area contributed by atoms with Crippen molar-refractivity contribution in [2.75, 3.05) is 0 Å². The molecule has 0 aliphatic rings. The van der Waals surface area contributed by atoms with Crippen molar-refractivity contribution < 1.29 is 9.90 Å². The molecule has 1 aromatic heterocycles. The summed E-state index contributed by atoms with van der Waals surface area (Å²) in [6, 6.07) is 7.71. The lowest BCUT2D eigenvalue weighted by molar-refractivity contribution is 0.0695. The Morgan fingerprint density at radius 3 is 2.25 bits per heavy atom. The van der Waals surface area contributed by atoms with Gasteiger partial charge in [-0.15, -0.1) is 0 Å². The van der Waals surface area contributed by atoms with Gasteiger partial charge in [-0.3, -0.25) is 4.98 Å². The molecule has 0 radical (unpaired) electrons. The molecule has 104 valence electrons. The molecule has 0 aliphatic heterocycles. The van der Waals surface area contributed by atoms with E-state index in [2.05, 4.69) is 37.9 Å². The highest BCUT2D eigenvalue weighted by atomic mass is 16.4. The zero-order chi connectivity index (χ0) is 14.9. The Kier molecular flexibility index (Phi) is 3.89. The van der Waals surface area contributed by atoms with Crippen molar-refractivity contribution in [1.29, 1.82) is 0 Å². The van der Waals surface area contributed by atoms with Crippen LogP contribution in [0.15, 0.2) is 24.3 Å². The second-order valence-electron chi connectivity index (χ2n) is 5.12. The van der Waals surface area contributed by atoms with E-state index in [-0.39, 0.29) is 0 Å². The van der Waals surface area contributed by atoms with Crippen LogP contribution in [-0.2, 0) is 6.42 Å². The molecule has 0 aliphatic carbocycles. The quantitative estimate of drug-likeness (QED) is 0.918. The van der Waals surface area contributed by atoms with Gasteiger partial charge in [-0.1, -0.05) is 24.6 Å². The van der Waals surface area contributed by atoms with Crippen molar-refractivity contribution >= 4 is 5.97 Å². The Morgan fingerprint density at radius 1 is 1.15 bits per heavy atom. The van der Waals surface area contributed by atoms with Gasteiger partial charge >= 0.3 is 5.97 Å². The number of aromatic nitrogens is 1. The highest BCUT2D eigenvalue weighted by Crippen LogP contribution is 2.28. The molecule has 0 saturated heterocycles. The zero-order valence-electron chi connectivity index (χ0n) is 12.3. The number of hydrogen-bond donors (Lipinski definition) is 1. The molecule has 1 N–H and O–H groups in total. The fourth-order valence-electron chi connectivity index (χ4n) is 2.69. The number of carboxylic acids is 1. The third-order valence-electron chi connectivity index (χ3n) is 3.47. The number of carbonyl (C=O) groups is 1. The minimum Gasteiger partial charge on any atom is -0.478 e. The minimum atomic E-state index is -0.918. The molecule has 2 rings (SSSR count). The van der Waals surface area contributed by atoms with Gasteiger partial charge in [0.2, 0.25) is 0 Å². The number of hydrogen-bond acceptors (Lipinski definition) is 2. The number of rotatable bonds is 3. The van der Waals surface area contributed by atoms with E-state index in [1.165, 1.54) is 16.7 Å². The number of carboxylic acid groups (broad SMARTS) is 1. The Balaban J connectivity index is 2.63. The first kappa shape index (κ1) is 14.3. The van der Waals surface area contributed by atoms with Crippen molar-refractivity contribution in [1.82, 2.24) is 4.98 Å². The van der Waals surface area contributed by atoms with Crippen LogP contribution in [0, 0.1) is 20.8 Å². The van der Waals surface area contributed by atoms with Crippen LogP contribution in [-0.4, -0.2) is 16.1 Å². The normalized spacial score (nSPS) is 10.6. The first-order chi connectivity index (χ1) is 9.43. The number of nitrogens with zero attached hydrogens (tertiary/aromatic N) is 1. The first-order valence-electron chi connectivity index (χ1n) is 6.75. The summed E-state index contributed by atoms with van der Waals surface area (Å²) >= 11 is 0. The molecule has 1 aromatic carbocycles. The fourth-order valence-corrected chi connectivity index (χ4v) is 2.69. The maximum absolute atomic E-state index is 11.2. The summed E-state index contributed by atoms with van der Waals surface area (Å²) in [7, 11) is 0. The highest BCUT2D eigenvalue weighted by Gasteiger charge is 2.14. The van der Waals surface area contributed by atoms with Crippen LogP contribution in [0.4, 0.5) is 0 Å². The highest BCUT2D eigenvalue weighted by molar-refractivity contribution is 5.89. The van der Waals surface area contributed by atoms with E-state index in [0.29, 0.717) is 17.7 Å². The summed E-state index contributed by atoms with van der Waals surface area (Å²) in [5.74, 6) is -0.918. The number of aryl methyl sites for hydroxylation is 4. The third kappa shape index (κ3) is 2.57. The first-order valence-corrected chi connectivity index (χ1v) is 6.75. The van der Waals surface area contributed by atoms with Crippen molar-refractivity contribution in [2.45, 2.75) is 34.1 Å². The Labute approximate surface area is 119 Å². The molecule has 3 heteroatoms. The smallest absolute Gasteiger partial charge is 0.337 e. The fraction of sp³-hybridized carbons (Fsp3) is 0.294. The van der Waals surface area contributed by atoms with Gasteiger partial charge in [-0.2, -0.15) is 0 Å². The van der Waals surface area contributed by atoms with Crippen molar-refractivity contribution in [3.8, 4) is 11.3 Å². The topological polar surface area (TPSA) is 50.2 Å². The number of pyridine rings is 1. The van der Waals surface area contributed by atoms with Crippen molar-refractivity contribution in [3.63, 3.8) is 0 Å². The van der Waals surface area contributed by atoms with Crippen LogP contribution in [0.2, 0.25) is 0 Å². The molecule has 0 amide bonds. The second kappa shape index (κ2) is 5.45. The van der Waals surface area contributed by atoms with Crippen LogP contribution in [0.5, 0.6) is 0 Å². The molecule has 3 nitrogen and oxygen atoms in total. The van der Waals surface area contributed by atoms with E-state index < -0.39 is 5.97 Å². The van der Waals surface area contributed by atoms with E-state index in [1.54, 1.807) is 12.1 Å². The average molecular weight is 269 g/mol. The molecule has 20 heavy (non-hydrogen) atoms. The van der Waals surface area contributed by atoms with Crippen LogP contribution >= 0.6 is 0 Å². The summed E-state index contributed by atoms with van der Waals surface area (Å²) < 4.78 is 0. The second-order valence-corrected chi connectivity index (χ2v) is 5.12. The van der Waals surface area contributed by atoms with Crippen LogP contribution in [0.3, 0.4) is 0 Å². The molecular weight excluding hydrogens is 250 g/mol. The molecule has 0 saturated carbocycles. The van der Waals surface area contributed by atoms with Crippen molar-refractivity contribution in [2.24, 2.45) is 0 Å². The molecule has 1 heterocycles. The van der Waals surface area contributed by atoms with E-state index >= 15 is 0 Å². The molecule has 2 aromatic rings. The van der Waals surface area contributed by atoms with Gasteiger partial charge in [-0.05, 0) is 50.5 Å². The van der Waals surface area contributed by atoms with E-state index in [1.807, 2.05) is 6.92 Å². The van der Waals surface area contributed by atoms with Gasteiger partial charge in [0.15, 0.2) is 0 Å². The Hall–Kier alpha value is -2.16. The molecular formula is C17H19NO2. The monoisotopic (exact) mass is 269 g/mol.